The van der Waals surface area contributed by atoms with E-state index in [-0.39, 0.29) is 11.9 Å². The minimum absolute atomic E-state index is 0.193. The van der Waals surface area contributed by atoms with Crippen molar-refractivity contribution in [1.29, 1.82) is 0 Å². The summed E-state index contributed by atoms with van der Waals surface area (Å²) in [4.78, 5) is 10.9. The molecule has 1 aliphatic rings. The molecule has 1 aromatic heterocycles. The van der Waals surface area contributed by atoms with Crippen LogP contribution in [0.1, 0.15) is 52.9 Å². The fourth-order valence-corrected chi connectivity index (χ4v) is 7.04. The van der Waals surface area contributed by atoms with Gasteiger partial charge in [-0.25, -0.2) is 9.82 Å². The second-order valence-corrected chi connectivity index (χ2v) is 13.8. The number of nitrogens with zero attached hydrogens (tertiary/aromatic N) is 3. The number of hydrogen-bond acceptors (Lipinski definition) is 8. The molecule has 10 heteroatoms. The van der Waals surface area contributed by atoms with Gasteiger partial charge in [0.2, 0.25) is 0 Å². The molecule has 0 saturated carbocycles. The van der Waals surface area contributed by atoms with Gasteiger partial charge in [0.1, 0.15) is 5.82 Å². The highest BCUT2D eigenvalue weighted by atomic mass is 19.1. The number of allylic oxidation sites excluding steroid dienone is 3. The zero-order valence-corrected chi connectivity index (χ0v) is 32.7. The van der Waals surface area contributed by atoms with Crippen molar-refractivity contribution in [2.24, 2.45) is 0 Å². The quantitative estimate of drug-likeness (QED) is 0.0273. The summed E-state index contributed by atoms with van der Waals surface area (Å²) in [5.74, 6) is -0.274. The second-order valence-electron chi connectivity index (χ2n) is 13.8. The second kappa shape index (κ2) is 20.6. The molecular weight excluding hydrogens is 662 g/mol. The number of likely N-dealkylation sites (N-methyl/N-ethyl adjacent to an activating group) is 2. The molecular formula is C43H62FN9. The van der Waals surface area contributed by atoms with Gasteiger partial charge in [-0.2, -0.15) is 0 Å². The molecule has 286 valence electrons. The predicted molar refractivity (Wildman–Crippen MR) is 226 cm³/mol. The van der Waals surface area contributed by atoms with Gasteiger partial charge in [0.15, 0.2) is 0 Å². The van der Waals surface area contributed by atoms with Crippen LogP contribution in [-0.4, -0.2) is 92.8 Å². The number of hydrogen-bond donors (Lipinski definition) is 6. The molecule has 3 aromatic rings. The van der Waals surface area contributed by atoms with Gasteiger partial charge < -0.3 is 31.3 Å². The number of piperazine rings is 1. The van der Waals surface area contributed by atoms with Crippen LogP contribution in [0, 0.1) is 19.7 Å². The van der Waals surface area contributed by atoms with Crippen LogP contribution in [0.15, 0.2) is 80.6 Å². The summed E-state index contributed by atoms with van der Waals surface area (Å²) in [6.45, 7) is 28.0. The number of aromatic nitrogens is 1. The van der Waals surface area contributed by atoms with Gasteiger partial charge >= 0.3 is 0 Å². The first-order valence-corrected chi connectivity index (χ1v) is 18.7. The number of aromatic amines is 1. The van der Waals surface area contributed by atoms with Gasteiger partial charge in [-0.15, -0.1) is 6.58 Å². The summed E-state index contributed by atoms with van der Waals surface area (Å²) in [6.07, 6.45) is 10.7. The van der Waals surface area contributed by atoms with Crippen molar-refractivity contribution in [3.63, 3.8) is 0 Å². The molecule has 1 aliphatic heterocycles. The summed E-state index contributed by atoms with van der Waals surface area (Å²) >= 11 is 0. The summed E-state index contributed by atoms with van der Waals surface area (Å²) in [7, 11) is 5.92. The number of halogens is 1. The molecule has 0 spiro atoms. The minimum Gasteiger partial charge on any atom is -0.391 e. The third-order valence-electron chi connectivity index (χ3n) is 10.2. The van der Waals surface area contributed by atoms with Crippen molar-refractivity contribution < 1.29 is 4.39 Å². The smallest absolute Gasteiger partial charge is 0.123 e. The Kier molecular flexibility index (Phi) is 16.0. The lowest BCUT2D eigenvalue weighted by molar-refractivity contribution is 0.127. The van der Waals surface area contributed by atoms with E-state index in [2.05, 4.69) is 112 Å². The molecule has 0 amide bonds. The topological polar surface area (TPSA) is 85.7 Å². The zero-order valence-electron chi connectivity index (χ0n) is 32.7. The number of benzene rings is 2. The Morgan fingerprint density at radius 2 is 1.79 bits per heavy atom. The van der Waals surface area contributed by atoms with Crippen molar-refractivity contribution in [2.45, 2.75) is 45.7 Å². The third-order valence-corrected chi connectivity index (χ3v) is 10.2. The van der Waals surface area contributed by atoms with E-state index in [9.17, 15) is 4.39 Å². The molecule has 6 N–H and O–H groups in total. The average molecular weight is 724 g/mol. The Balaban J connectivity index is 1.23. The highest BCUT2D eigenvalue weighted by Crippen LogP contribution is 2.31. The first-order valence-electron chi connectivity index (χ1n) is 18.7. The fraction of sp³-hybridized carbons (Fsp3) is 0.395. The molecule has 0 bridgehead atoms. The van der Waals surface area contributed by atoms with E-state index < -0.39 is 0 Å². The minimum atomic E-state index is -0.274. The van der Waals surface area contributed by atoms with Crippen LogP contribution in [0.5, 0.6) is 0 Å². The van der Waals surface area contributed by atoms with E-state index in [0.717, 1.165) is 128 Å². The number of H-pyrrole nitrogens is 1. The van der Waals surface area contributed by atoms with E-state index in [0.29, 0.717) is 0 Å². The standard InChI is InChI=1S/C43H62FN9/c1-10-13-18-42(32(5)45-7)51(9)29-38-34(11-2)16-14-17-40(38)50-48-30-53-25-23-52(24-26-53)22-15-21-47-43-31(4)41(49-33(43)6)27-35(12-3)37-28-36(44)19-20-39(37)46-8/h10-12,14,16-17,19-20,27-28,42,45-50H,1-3,5,13,15,18,21-26,29-30H2,4,6-9H3/b35-27+. The molecule has 1 fully saturated rings. The monoisotopic (exact) mass is 724 g/mol. The lowest BCUT2D eigenvalue weighted by atomic mass is 10.0. The molecule has 4 rings (SSSR count). The Morgan fingerprint density at radius 3 is 2.47 bits per heavy atom. The highest BCUT2D eigenvalue weighted by Gasteiger charge is 2.20. The van der Waals surface area contributed by atoms with E-state index in [1.807, 2.05) is 32.3 Å². The van der Waals surface area contributed by atoms with E-state index in [1.54, 1.807) is 18.2 Å². The number of aryl methyl sites for hydroxylation is 1. The maximum absolute atomic E-state index is 14.1. The van der Waals surface area contributed by atoms with Crippen LogP contribution in [0.25, 0.3) is 17.7 Å². The molecule has 1 saturated heterocycles. The van der Waals surface area contributed by atoms with Crippen LogP contribution in [-0.2, 0) is 6.54 Å². The number of hydrazine groups is 1. The van der Waals surface area contributed by atoms with Gasteiger partial charge in [0, 0.05) is 87.7 Å². The van der Waals surface area contributed by atoms with Crippen LogP contribution in [0.3, 0.4) is 0 Å². The van der Waals surface area contributed by atoms with Gasteiger partial charge in [-0.3, -0.25) is 9.80 Å². The maximum Gasteiger partial charge on any atom is 0.123 e. The first kappa shape index (κ1) is 41.2. The number of rotatable bonds is 22. The van der Waals surface area contributed by atoms with Gasteiger partial charge in [0.05, 0.1) is 18.0 Å². The van der Waals surface area contributed by atoms with Gasteiger partial charge in [0.25, 0.3) is 0 Å². The largest absolute Gasteiger partial charge is 0.391 e. The van der Waals surface area contributed by atoms with Crippen LogP contribution < -0.4 is 26.8 Å². The van der Waals surface area contributed by atoms with E-state index in [4.69, 9.17) is 0 Å². The van der Waals surface area contributed by atoms with Gasteiger partial charge in [-0.1, -0.05) is 50.1 Å². The summed E-state index contributed by atoms with van der Waals surface area (Å²) in [5.41, 5.74) is 18.2. The van der Waals surface area contributed by atoms with Gasteiger partial charge in [-0.05, 0) is 99.3 Å². The third kappa shape index (κ3) is 11.2. The van der Waals surface area contributed by atoms with E-state index >= 15 is 0 Å². The van der Waals surface area contributed by atoms with Crippen LogP contribution in [0.2, 0.25) is 0 Å². The molecule has 2 aromatic carbocycles. The van der Waals surface area contributed by atoms with Crippen molar-refractivity contribution >= 4 is 34.8 Å². The molecule has 0 radical (unpaired) electrons. The fourth-order valence-electron chi connectivity index (χ4n) is 7.04. The predicted octanol–water partition coefficient (Wildman–Crippen LogP) is 7.68. The number of nitrogens with one attached hydrogen (secondary N) is 6. The Morgan fingerprint density at radius 1 is 1.04 bits per heavy atom. The van der Waals surface area contributed by atoms with E-state index in [1.165, 1.54) is 11.6 Å². The maximum atomic E-state index is 14.1. The molecule has 9 nitrogen and oxygen atoms in total. The molecule has 0 aliphatic carbocycles. The number of anilines is 3. The van der Waals surface area contributed by atoms with Crippen molar-refractivity contribution in [2.75, 3.05) is 83.1 Å². The summed E-state index contributed by atoms with van der Waals surface area (Å²) in [6, 6.07) is 11.3. The molecule has 1 atom stereocenters. The van der Waals surface area contributed by atoms with Crippen molar-refractivity contribution in [3.8, 4) is 0 Å². The molecule has 2 heterocycles. The van der Waals surface area contributed by atoms with Crippen LogP contribution >= 0.6 is 0 Å². The van der Waals surface area contributed by atoms with Crippen molar-refractivity contribution in [1.82, 2.24) is 30.4 Å². The normalized spacial score (nSPS) is 14.5. The lowest BCUT2D eigenvalue weighted by Crippen LogP contribution is -2.50. The first-order chi connectivity index (χ1) is 25.6. The molecule has 53 heavy (non-hydrogen) atoms. The Hall–Kier alpha value is -4.61. The Bertz CT molecular complexity index is 1720. The Labute approximate surface area is 317 Å². The lowest BCUT2D eigenvalue weighted by Gasteiger charge is -2.35. The summed E-state index contributed by atoms with van der Waals surface area (Å²) < 4.78 is 14.1. The highest BCUT2D eigenvalue weighted by molar-refractivity contribution is 5.92. The SMILES string of the molecule is C=CCCC(C(=C)NC)N(C)Cc1c(C=C)cccc1NNCN1CCN(CCCNc2c(C)[nH]c(/C=C(\C=C)c3cc(F)ccc3NC)c2C)CC1. The molecule has 1 unspecified atom stereocenters. The zero-order chi connectivity index (χ0) is 38.3. The summed E-state index contributed by atoms with van der Waals surface area (Å²) in [5, 5.41) is 10.1. The van der Waals surface area contributed by atoms with Crippen LogP contribution in [0.4, 0.5) is 21.5 Å². The van der Waals surface area contributed by atoms with Crippen molar-refractivity contribution in [3.05, 3.63) is 120 Å². The average Bonchev–Trinajstić information content (AvgIpc) is 3.43.